The molecule has 4 nitrogen and oxygen atoms in total. The van der Waals surface area contributed by atoms with Crippen molar-refractivity contribution >= 4 is 17.4 Å². The zero-order valence-corrected chi connectivity index (χ0v) is 15.3. The minimum atomic E-state index is -0.274. The highest BCUT2D eigenvalue weighted by molar-refractivity contribution is 5.99. The Morgan fingerprint density at radius 2 is 1.67 bits per heavy atom. The summed E-state index contributed by atoms with van der Waals surface area (Å²) in [7, 11) is 0. The number of hydrogen-bond acceptors (Lipinski definition) is 4. The van der Waals surface area contributed by atoms with E-state index in [0.717, 1.165) is 16.9 Å². The Morgan fingerprint density at radius 3 is 2.37 bits per heavy atom. The molecule has 0 saturated heterocycles. The molecule has 0 unspecified atom stereocenters. The molecule has 1 aliphatic rings. The van der Waals surface area contributed by atoms with Crippen LogP contribution >= 0.6 is 0 Å². The van der Waals surface area contributed by atoms with Gasteiger partial charge in [0.1, 0.15) is 5.82 Å². The molecule has 0 fully saturated rings. The van der Waals surface area contributed by atoms with Gasteiger partial charge >= 0.3 is 0 Å². The van der Waals surface area contributed by atoms with Crippen molar-refractivity contribution in [3.63, 3.8) is 0 Å². The van der Waals surface area contributed by atoms with E-state index in [4.69, 9.17) is 0 Å². The highest BCUT2D eigenvalue weighted by atomic mass is 19.1. The quantitative estimate of drug-likeness (QED) is 0.722. The number of fused-ring (bicyclic) bond motifs is 1. The Bertz CT molecular complexity index is 997. The third-order valence-electron chi connectivity index (χ3n) is 4.96. The molecule has 0 radical (unpaired) electrons. The number of carbonyl (C=O) groups excluding carboxylic acids is 1. The monoisotopic (exact) mass is 361 g/mol. The molecule has 0 bridgehead atoms. The highest BCUT2D eigenvalue weighted by Crippen LogP contribution is 2.33. The van der Waals surface area contributed by atoms with Crippen LogP contribution in [-0.4, -0.2) is 15.8 Å². The lowest BCUT2D eigenvalue weighted by Crippen LogP contribution is -2.22. The van der Waals surface area contributed by atoms with Gasteiger partial charge in [0.15, 0.2) is 5.78 Å². The molecule has 3 aromatic rings. The first kappa shape index (κ1) is 17.3. The molecule has 1 atom stereocenters. The lowest BCUT2D eigenvalue weighted by molar-refractivity contribution is 0.0962. The van der Waals surface area contributed by atoms with Gasteiger partial charge in [-0.2, -0.15) is 0 Å². The van der Waals surface area contributed by atoms with Crippen LogP contribution < -0.4 is 5.32 Å². The van der Waals surface area contributed by atoms with Gasteiger partial charge in [0, 0.05) is 12.1 Å². The molecule has 2 aromatic carbocycles. The van der Waals surface area contributed by atoms with Crippen LogP contribution in [0.5, 0.6) is 0 Å². The van der Waals surface area contributed by atoms with Crippen LogP contribution in [-0.2, 0) is 6.42 Å². The molecule has 0 saturated carbocycles. The molecule has 1 heterocycles. The minimum absolute atomic E-state index is 0.00660. The van der Waals surface area contributed by atoms with Crippen LogP contribution in [0, 0.1) is 19.7 Å². The van der Waals surface area contributed by atoms with Crippen molar-refractivity contribution in [1.29, 1.82) is 0 Å². The number of halogens is 1. The number of benzene rings is 2. The lowest BCUT2D eigenvalue weighted by Gasteiger charge is -2.24. The van der Waals surface area contributed by atoms with Crippen molar-refractivity contribution in [2.24, 2.45) is 0 Å². The summed E-state index contributed by atoms with van der Waals surface area (Å²) in [6, 6.07) is 14.3. The van der Waals surface area contributed by atoms with Gasteiger partial charge in [-0.3, -0.25) is 4.79 Å². The number of rotatable bonds is 3. The number of hydrogen-bond donors (Lipinski definition) is 1. The molecule has 0 amide bonds. The number of ketones is 1. The molecule has 27 heavy (non-hydrogen) atoms. The third kappa shape index (κ3) is 3.58. The summed E-state index contributed by atoms with van der Waals surface area (Å²) >= 11 is 0. The largest absolute Gasteiger partial charge is 0.324 e. The predicted molar refractivity (Wildman–Crippen MR) is 103 cm³/mol. The summed E-state index contributed by atoms with van der Waals surface area (Å²) in [6.07, 6.45) is 1.03. The Hall–Kier alpha value is -3.08. The molecule has 1 aliphatic carbocycles. The van der Waals surface area contributed by atoms with Crippen LogP contribution in [0.25, 0.3) is 0 Å². The van der Waals surface area contributed by atoms with Crippen molar-refractivity contribution < 1.29 is 9.18 Å². The highest BCUT2D eigenvalue weighted by Gasteiger charge is 2.29. The Kier molecular flexibility index (Phi) is 4.44. The average Bonchev–Trinajstić information content (AvgIpc) is 2.63. The van der Waals surface area contributed by atoms with Gasteiger partial charge in [-0.25, -0.2) is 14.4 Å². The second kappa shape index (κ2) is 6.91. The summed E-state index contributed by atoms with van der Waals surface area (Å²) in [6.45, 7) is 3.88. The molecule has 0 spiro atoms. The fourth-order valence-electron chi connectivity index (χ4n) is 3.57. The van der Waals surface area contributed by atoms with Crippen LogP contribution in [0.2, 0.25) is 0 Å². The zero-order valence-electron chi connectivity index (χ0n) is 15.3. The zero-order chi connectivity index (χ0) is 19.0. The van der Waals surface area contributed by atoms with E-state index < -0.39 is 0 Å². The van der Waals surface area contributed by atoms with Gasteiger partial charge in [-0.15, -0.1) is 0 Å². The van der Waals surface area contributed by atoms with E-state index in [0.29, 0.717) is 30.0 Å². The summed E-state index contributed by atoms with van der Waals surface area (Å²) in [5.41, 5.74) is 5.11. The Labute approximate surface area is 157 Å². The molecular weight excluding hydrogens is 341 g/mol. The first-order chi connectivity index (χ1) is 13.0. The van der Waals surface area contributed by atoms with E-state index in [1.165, 1.54) is 17.7 Å². The number of nitrogens with zero attached hydrogens (tertiary/aromatic N) is 2. The summed E-state index contributed by atoms with van der Waals surface area (Å²) in [5.74, 6) is 0.267. The molecule has 136 valence electrons. The first-order valence-corrected chi connectivity index (χ1v) is 8.99. The van der Waals surface area contributed by atoms with Crippen molar-refractivity contribution in [2.75, 3.05) is 5.32 Å². The van der Waals surface area contributed by atoms with Gasteiger partial charge in [0.2, 0.25) is 5.95 Å². The van der Waals surface area contributed by atoms with Crippen LogP contribution in [0.3, 0.4) is 0 Å². The standard InChI is InChI=1S/C22H20FN3O/c1-13-3-9-18(10-4-13)25-22-24-14(2)21-19(26-22)11-16(12-20(21)27)15-5-7-17(23)8-6-15/h3-10,16H,11-12H2,1-2H3,(H,24,25,26)/t16-/m0/s1. The van der Waals surface area contributed by atoms with Crippen LogP contribution in [0.15, 0.2) is 48.5 Å². The summed E-state index contributed by atoms with van der Waals surface area (Å²) < 4.78 is 13.2. The molecule has 5 heteroatoms. The topological polar surface area (TPSA) is 54.9 Å². The number of nitrogens with one attached hydrogen (secondary N) is 1. The number of aryl methyl sites for hydroxylation is 2. The molecule has 4 rings (SSSR count). The second-order valence-corrected chi connectivity index (χ2v) is 7.03. The van der Waals surface area contributed by atoms with Gasteiger partial charge < -0.3 is 5.32 Å². The van der Waals surface area contributed by atoms with Crippen molar-refractivity contribution in [1.82, 2.24) is 9.97 Å². The Morgan fingerprint density at radius 1 is 0.963 bits per heavy atom. The van der Waals surface area contributed by atoms with Gasteiger partial charge in [0.05, 0.1) is 17.0 Å². The van der Waals surface area contributed by atoms with E-state index >= 15 is 0 Å². The number of aromatic nitrogens is 2. The Balaban J connectivity index is 1.65. The van der Waals surface area contributed by atoms with E-state index in [1.807, 2.05) is 38.1 Å². The maximum atomic E-state index is 13.2. The minimum Gasteiger partial charge on any atom is -0.324 e. The van der Waals surface area contributed by atoms with Crippen LogP contribution in [0.4, 0.5) is 16.0 Å². The van der Waals surface area contributed by atoms with Gasteiger partial charge in [-0.1, -0.05) is 29.8 Å². The number of anilines is 2. The molecule has 0 aliphatic heterocycles. The summed E-state index contributed by atoms with van der Waals surface area (Å²) in [5, 5.41) is 3.22. The second-order valence-electron chi connectivity index (χ2n) is 7.03. The number of Topliss-reactive ketones (excluding diaryl/α,β-unsaturated/α-hetero) is 1. The SMILES string of the molecule is Cc1ccc(Nc2nc(C)c3c(n2)C[C@H](c2ccc(F)cc2)CC3=O)cc1. The predicted octanol–water partition coefficient (Wildman–Crippen LogP) is 4.89. The fourth-order valence-corrected chi connectivity index (χ4v) is 3.57. The molecule has 1 N–H and O–H groups in total. The van der Waals surface area contributed by atoms with E-state index in [1.54, 1.807) is 12.1 Å². The molecule has 1 aromatic heterocycles. The fraction of sp³-hybridized carbons (Fsp3) is 0.227. The van der Waals surface area contributed by atoms with Gasteiger partial charge in [-0.05, 0) is 56.0 Å². The van der Waals surface area contributed by atoms with Gasteiger partial charge in [0.25, 0.3) is 0 Å². The maximum Gasteiger partial charge on any atom is 0.227 e. The smallest absolute Gasteiger partial charge is 0.227 e. The van der Waals surface area contributed by atoms with Crippen molar-refractivity contribution in [3.05, 3.63) is 82.4 Å². The van der Waals surface area contributed by atoms with E-state index in [-0.39, 0.29) is 17.5 Å². The number of carbonyl (C=O) groups is 1. The maximum absolute atomic E-state index is 13.2. The average molecular weight is 361 g/mol. The van der Waals surface area contributed by atoms with E-state index in [2.05, 4.69) is 15.3 Å². The first-order valence-electron chi connectivity index (χ1n) is 8.99. The summed E-state index contributed by atoms with van der Waals surface area (Å²) in [4.78, 5) is 21.8. The lowest BCUT2D eigenvalue weighted by atomic mass is 9.81. The third-order valence-corrected chi connectivity index (χ3v) is 4.96. The molecular formula is C22H20FN3O. The van der Waals surface area contributed by atoms with Crippen molar-refractivity contribution in [2.45, 2.75) is 32.6 Å². The van der Waals surface area contributed by atoms with Crippen molar-refractivity contribution in [3.8, 4) is 0 Å². The normalized spacial score (nSPS) is 16.1. The van der Waals surface area contributed by atoms with Crippen LogP contribution in [0.1, 0.15) is 45.2 Å². The van der Waals surface area contributed by atoms with E-state index in [9.17, 15) is 9.18 Å².